The molecule has 0 aliphatic heterocycles. The van der Waals surface area contributed by atoms with E-state index in [4.69, 9.17) is 14.2 Å². The summed E-state index contributed by atoms with van der Waals surface area (Å²) >= 11 is 0. The molecule has 0 spiro atoms. The number of rotatable bonds is 7. The lowest BCUT2D eigenvalue weighted by Gasteiger charge is -2.15. The van der Waals surface area contributed by atoms with Gasteiger partial charge in [0, 0.05) is 18.7 Å². The van der Waals surface area contributed by atoms with Crippen molar-refractivity contribution in [3.63, 3.8) is 0 Å². The zero-order valence-electron chi connectivity index (χ0n) is 17.1. The van der Waals surface area contributed by atoms with Crippen LogP contribution in [0.3, 0.4) is 0 Å². The summed E-state index contributed by atoms with van der Waals surface area (Å²) < 4.78 is 30.7. The van der Waals surface area contributed by atoms with E-state index in [1.807, 2.05) is 0 Å². The first-order chi connectivity index (χ1) is 14.4. The number of methoxy groups -OCH3 is 3. The van der Waals surface area contributed by atoms with Gasteiger partial charge in [-0.2, -0.15) is 0 Å². The lowest BCUT2D eigenvalue weighted by atomic mass is 10.1. The number of halogens is 1. The van der Waals surface area contributed by atoms with Gasteiger partial charge >= 0.3 is 0 Å². The number of benzene rings is 2. The number of aryl methyl sites for hydroxylation is 1. The van der Waals surface area contributed by atoms with E-state index in [0.717, 1.165) is 6.07 Å². The third-order valence-corrected chi connectivity index (χ3v) is 4.65. The average molecular weight is 415 g/mol. The van der Waals surface area contributed by atoms with E-state index < -0.39 is 5.82 Å². The lowest BCUT2D eigenvalue weighted by molar-refractivity contribution is 0.0951. The topological polar surface area (TPSA) is 91.7 Å². The van der Waals surface area contributed by atoms with E-state index in [9.17, 15) is 14.0 Å². The lowest BCUT2D eigenvalue weighted by Crippen LogP contribution is -2.32. The molecule has 0 saturated heterocycles. The van der Waals surface area contributed by atoms with Gasteiger partial charge in [-0.05, 0) is 37.3 Å². The molecule has 0 fully saturated rings. The van der Waals surface area contributed by atoms with E-state index in [1.54, 1.807) is 6.92 Å². The van der Waals surface area contributed by atoms with E-state index in [2.05, 4.69) is 10.3 Å². The van der Waals surface area contributed by atoms with E-state index in [-0.39, 0.29) is 29.9 Å². The molecule has 9 heteroatoms. The van der Waals surface area contributed by atoms with Gasteiger partial charge in [0.15, 0.2) is 11.5 Å². The summed E-state index contributed by atoms with van der Waals surface area (Å²) in [6, 6.07) is 6.96. The van der Waals surface area contributed by atoms with Crippen LogP contribution in [0, 0.1) is 12.7 Å². The maximum atomic E-state index is 13.5. The summed E-state index contributed by atoms with van der Waals surface area (Å²) in [7, 11) is 4.40. The van der Waals surface area contributed by atoms with Gasteiger partial charge in [-0.1, -0.05) is 0 Å². The van der Waals surface area contributed by atoms with Crippen molar-refractivity contribution in [1.82, 2.24) is 14.9 Å². The fraction of sp³-hybridized carbons (Fsp3) is 0.286. The smallest absolute Gasteiger partial charge is 0.261 e. The number of hydrogen-bond acceptors (Lipinski definition) is 6. The van der Waals surface area contributed by atoms with Crippen molar-refractivity contribution >= 4 is 16.8 Å². The molecular weight excluding hydrogens is 393 g/mol. The summed E-state index contributed by atoms with van der Waals surface area (Å²) in [5.41, 5.74) is 0.378. The van der Waals surface area contributed by atoms with Crippen LogP contribution in [0.2, 0.25) is 0 Å². The Morgan fingerprint density at radius 3 is 2.37 bits per heavy atom. The highest BCUT2D eigenvalue weighted by Gasteiger charge is 2.17. The maximum absolute atomic E-state index is 13.5. The molecule has 1 aromatic heterocycles. The van der Waals surface area contributed by atoms with Crippen molar-refractivity contribution in [2.75, 3.05) is 27.9 Å². The fourth-order valence-corrected chi connectivity index (χ4v) is 3.16. The zero-order valence-corrected chi connectivity index (χ0v) is 17.1. The summed E-state index contributed by atoms with van der Waals surface area (Å²) in [5, 5.41) is 2.94. The number of amides is 1. The molecule has 1 amide bonds. The van der Waals surface area contributed by atoms with Crippen LogP contribution in [-0.4, -0.2) is 43.3 Å². The summed E-state index contributed by atoms with van der Waals surface area (Å²) in [4.78, 5) is 29.6. The Hall–Kier alpha value is -3.62. The van der Waals surface area contributed by atoms with E-state index in [1.165, 1.54) is 50.2 Å². The monoisotopic (exact) mass is 415 g/mol. The third kappa shape index (κ3) is 4.05. The molecule has 0 aliphatic carbocycles. The Morgan fingerprint density at radius 1 is 1.10 bits per heavy atom. The van der Waals surface area contributed by atoms with Crippen LogP contribution in [0.25, 0.3) is 10.9 Å². The average Bonchev–Trinajstić information content (AvgIpc) is 2.75. The number of nitrogens with zero attached hydrogens (tertiary/aromatic N) is 2. The first-order valence-corrected chi connectivity index (χ1v) is 9.14. The van der Waals surface area contributed by atoms with Crippen molar-refractivity contribution < 1.29 is 23.4 Å². The predicted molar refractivity (Wildman–Crippen MR) is 109 cm³/mol. The van der Waals surface area contributed by atoms with Crippen molar-refractivity contribution in [2.24, 2.45) is 0 Å². The summed E-state index contributed by atoms with van der Waals surface area (Å²) in [5.74, 6) is 0.686. The minimum atomic E-state index is -0.507. The molecule has 0 unspecified atom stereocenters. The molecule has 0 bridgehead atoms. The molecule has 3 rings (SSSR count). The SMILES string of the molecule is COc1cc(C(=O)NCCn2c(C)nc3ccc(F)cc3c2=O)cc(OC)c1OC. The second kappa shape index (κ2) is 8.81. The van der Waals surface area contributed by atoms with Gasteiger partial charge in [-0.15, -0.1) is 0 Å². The predicted octanol–water partition coefficient (Wildman–Crippen LogP) is 2.30. The maximum Gasteiger partial charge on any atom is 0.261 e. The number of aromatic nitrogens is 2. The Bertz CT molecular complexity index is 1130. The van der Waals surface area contributed by atoms with Gasteiger partial charge in [0.2, 0.25) is 5.75 Å². The Labute approximate surface area is 172 Å². The first-order valence-electron chi connectivity index (χ1n) is 9.14. The standard InChI is InChI=1S/C21H22FN3O5/c1-12-24-16-6-5-14(22)11-15(16)21(27)25(12)8-7-23-20(26)13-9-17(28-2)19(30-4)18(10-13)29-3/h5-6,9-11H,7-8H2,1-4H3,(H,23,26). The molecule has 0 aliphatic rings. The van der Waals surface area contributed by atoms with Crippen molar-refractivity contribution in [1.29, 1.82) is 0 Å². The minimum absolute atomic E-state index is 0.165. The fourth-order valence-electron chi connectivity index (χ4n) is 3.16. The molecule has 0 radical (unpaired) electrons. The first kappa shape index (κ1) is 21.1. The largest absolute Gasteiger partial charge is 0.493 e. The van der Waals surface area contributed by atoms with Gasteiger partial charge in [-0.25, -0.2) is 9.37 Å². The van der Waals surface area contributed by atoms with Crippen LogP contribution in [0.1, 0.15) is 16.2 Å². The molecule has 30 heavy (non-hydrogen) atoms. The van der Waals surface area contributed by atoms with Crippen LogP contribution in [0.15, 0.2) is 35.1 Å². The number of ether oxygens (including phenoxy) is 3. The highest BCUT2D eigenvalue weighted by Crippen LogP contribution is 2.38. The van der Waals surface area contributed by atoms with Crippen molar-refractivity contribution in [3.05, 3.63) is 57.9 Å². The second-order valence-corrected chi connectivity index (χ2v) is 6.45. The molecule has 0 atom stereocenters. The van der Waals surface area contributed by atoms with Gasteiger partial charge in [-0.3, -0.25) is 14.2 Å². The molecule has 2 aromatic carbocycles. The Morgan fingerprint density at radius 2 is 1.77 bits per heavy atom. The van der Waals surface area contributed by atoms with Crippen molar-refractivity contribution in [2.45, 2.75) is 13.5 Å². The quantitative estimate of drug-likeness (QED) is 0.637. The molecule has 158 valence electrons. The van der Waals surface area contributed by atoms with Crippen molar-refractivity contribution in [3.8, 4) is 17.2 Å². The molecule has 1 N–H and O–H groups in total. The van der Waals surface area contributed by atoms with Gasteiger partial charge in [0.1, 0.15) is 11.6 Å². The van der Waals surface area contributed by atoms with Crippen LogP contribution < -0.4 is 25.1 Å². The van der Waals surface area contributed by atoms with E-state index >= 15 is 0 Å². The van der Waals surface area contributed by atoms with Gasteiger partial charge < -0.3 is 19.5 Å². The minimum Gasteiger partial charge on any atom is -0.493 e. The highest BCUT2D eigenvalue weighted by molar-refractivity contribution is 5.95. The third-order valence-electron chi connectivity index (χ3n) is 4.65. The molecule has 8 nitrogen and oxygen atoms in total. The number of carbonyl (C=O) groups excluding carboxylic acids is 1. The number of fused-ring (bicyclic) bond motifs is 1. The molecule has 3 aromatic rings. The normalized spacial score (nSPS) is 10.7. The van der Waals surface area contributed by atoms with Gasteiger partial charge in [0.25, 0.3) is 11.5 Å². The number of carbonyl (C=O) groups is 1. The summed E-state index contributed by atoms with van der Waals surface area (Å²) in [6.45, 7) is 2.03. The Balaban J connectivity index is 1.79. The highest BCUT2D eigenvalue weighted by atomic mass is 19.1. The molecular formula is C21H22FN3O5. The number of nitrogens with one attached hydrogen (secondary N) is 1. The van der Waals surface area contributed by atoms with Crippen LogP contribution in [0.5, 0.6) is 17.2 Å². The number of hydrogen-bond donors (Lipinski definition) is 1. The van der Waals surface area contributed by atoms with Crippen LogP contribution in [-0.2, 0) is 6.54 Å². The second-order valence-electron chi connectivity index (χ2n) is 6.45. The molecule has 1 heterocycles. The molecule has 0 saturated carbocycles. The summed E-state index contributed by atoms with van der Waals surface area (Å²) in [6.07, 6.45) is 0. The van der Waals surface area contributed by atoms with Crippen LogP contribution >= 0.6 is 0 Å². The van der Waals surface area contributed by atoms with E-state index in [0.29, 0.717) is 34.2 Å². The van der Waals surface area contributed by atoms with Crippen LogP contribution in [0.4, 0.5) is 4.39 Å². The van der Waals surface area contributed by atoms with Gasteiger partial charge in [0.05, 0.1) is 32.2 Å². The Kier molecular flexibility index (Phi) is 6.20. The zero-order chi connectivity index (χ0) is 21.8.